The number of benzene rings is 1. The zero-order chi connectivity index (χ0) is 16.9. The van der Waals surface area contributed by atoms with Crippen LogP contribution in [0.25, 0.3) is 11.3 Å². The molecule has 2 aromatic heterocycles. The first-order valence-corrected chi connectivity index (χ1v) is 7.58. The van der Waals surface area contributed by atoms with E-state index in [-0.39, 0.29) is 5.91 Å². The van der Waals surface area contributed by atoms with Gasteiger partial charge in [0.05, 0.1) is 5.69 Å². The normalized spacial score (nSPS) is 10.2. The van der Waals surface area contributed by atoms with E-state index in [9.17, 15) is 4.79 Å². The molecule has 3 rings (SSSR count). The second-order valence-electron chi connectivity index (χ2n) is 4.98. The van der Waals surface area contributed by atoms with Crippen molar-refractivity contribution in [2.45, 2.75) is 6.92 Å². The van der Waals surface area contributed by atoms with E-state index in [1.807, 2.05) is 18.2 Å². The largest absolute Gasteiger partial charge is 0.324 e. The van der Waals surface area contributed by atoms with E-state index in [0.717, 1.165) is 5.69 Å². The Morgan fingerprint density at radius 1 is 1.08 bits per heavy atom. The summed E-state index contributed by atoms with van der Waals surface area (Å²) in [5.74, 6) is 0.686. The molecule has 0 spiro atoms. The molecule has 3 aromatic rings. The molecule has 24 heavy (non-hydrogen) atoms. The predicted octanol–water partition coefficient (Wildman–Crippen LogP) is 3.89. The van der Waals surface area contributed by atoms with Gasteiger partial charge < -0.3 is 10.6 Å². The van der Waals surface area contributed by atoms with Crippen molar-refractivity contribution >= 4 is 35.0 Å². The van der Waals surface area contributed by atoms with E-state index in [1.54, 1.807) is 36.7 Å². The molecular formula is C17H14ClN5O. The van der Waals surface area contributed by atoms with Crippen molar-refractivity contribution in [3.8, 4) is 11.3 Å². The van der Waals surface area contributed by atoms with E-state index in [0.29, 0.717) is 28.0 Å². The van der Waals surface area contributed by atoms with Crippen LogP contribution in [-0.2, 0) is 4.79 Å². The van der Waals surface area contributed by atoms with Gasteiger partial charge in [0.2, 0.25) is 11.9 Å². The van der Waals surface area contributed by atoms with Crippen LogP contribution < -0.4 is 10.6 Å². The van der Waals surface area contributed by atoms with Gasteiger partial charge in [0.25, 0.3) is 0 Å². The molecule has 2 N–H and O–H groups in total. The first-order valence-electron chi connectivity index (χ1n) is 7.20. The lowest BCUT2D eigenvalue weighted by Crippen LogP contribution is -2.09. The smallest absolute Gasteiger partial charge is 0.227 e. The zero-order valence-corrected chi connectivity index (χ0v) is 13.6. The van der Waals surface area contributed by atoms with Gasteiger partial charge in [0, 0.05) is 35.6 Å². The van der Waals surface area contributed by atoms with E-state index in [2.05, 4.69) is 25.6 Å². The second-order valence-corrected chi connectivity index (χ2v) is 5.42. The maximum Gasteiger partial charge on any atom is 0.227 e. The molecule has 2 heterocycles. The minimum Gasteiger partial charge on any atom is -0.324 e. The lowest BCUT2D eigenvalue weighted by Gasteiger charge is -2.10. The van der Waals surface area contributed by atoms with Crippen LogP contribution in [0.1, 0.15) is 6.92 Å². The number of halogens is 1. The Labute approximate surface area is 143 Å². The number of hydrogen-bond acceptors (Lipinski definition) is 5. The van der Waals surface area contributed by atoms with Gasteiger partial charge in [0.15, 0.2) is 0 Å². The zero-order valence-electron chi connectivity index (χ0n) is 12.8. The van der Waals surface area contributed by atoms with Crippen molar-refractivity contribution in [1.82, 2.24) is 15.0 Å². The Morgan fingerprint density at radius 2 is 1.96 bits per heavy atom. The number of nitrogens with zero attached hydrogens (tertiary/aromatic N) is 3. The van der Waals surface area contributed by atoms with Gasteiger partial charge in [-0.3, -0.25) is 4.79 Å². The van der Waals surface area contributed by atoms with E-state index in [4.69, 9.17) is 11.6 Å². The average molecular weight is 340 g/mol. The monoisotopic (exact) mass is 339 g/mol. The maximum absolute atomic E-state index is 11.3. The molecule has 0 aliphatic rings. The third kappa shape index (κ3) is 3.85. The average Bonchev–Trinajstić information content (AvgIpc) is 2.55. The highest BCUT2D eigenvalue weighted by atomic mass is 35.5. The number of anilines is 3. The first kappa shape index (κ1) is 15.9. The molecule has 120 valence electrons. The summed E-state index contributed by atoms with van der Waals surface area (Å²) in [5, 5.41) is 6.42. The van der Waals surface area contributed by atoms with Crippen LogP contribution in [0.4, 0.5) is 17.5 Å². The molecule has 0 aliphatic heterocycles. The van der Waals surface area contributed by atoms with Crippen LogP contribution in [0.3, 0.4) is 0 Å². The number of rotatable bonds is 4. The fourth-order valence-corrected chi connectivity index (χ4v) is 2.33. The molecule has 1 amide bonds. The second kappa shape index (κ2) is 7.06. The van der Waals surface area contributed by atoms with Gasteiger partial charge in [-0.25, -0.2) is 15.0 Å². The number of hydrogen-bond donors (Lipinski definition) is 2. The molecule has 0 fully saturated rings. The molecule has 0 saturated heterocycles. The highest BCUT2D eigenvalue weighted by molar-refractivity contribution is 6.30. The highest BCUT2D eigenvalue weighted by Gasteiger charge is 2.10. The standard InChI is InChI=1S/C17H14ClN5O/c1-11(24)21-16-14(6-3-8-19-16)15-7-9-20-17(23-15)22-13-5-2-4-12(18)10-13/h2-10H,1H3,(H,19,21,24)(H,20,22,23). The number of carbonyl (C=O) groups excluding carboxylic acids is 1. The lowest BCUT2D eigenvalue weighted by atomic mass is 10.2. The Hall–Kier alpha value is -2.99. The quantitative estimate of drug-likeness (QED) is 0.753. The number of aromatic nitrogens is 3. The van der Waals surface area contributed by atoms with Gasteiger partial charge in [-0.1, -0.05) is 17.7 Å². The molecule has 0 radical (unpaired) electrons. The van der Waals surface area contributed by atoms with Crippen LogP contribution >= 0.6 is 11.6 Å². The molecule has 1 aromatic carbocycles. The van der Waals surface area contributed by atoms with Crippen molar-refractivity contribution in [2.24, 2.45) is 0 Å². The van der Waals surface area contributed by atoms with Gasteiger partial charge in [-0.15, -0.1) is 0 Å². The first-order chi connectivity index (χ1) is 11.6. The Morgan fingerprint density at radius 3 is 2.75 bits per heavy atom. The topological polar surface area (TPSA) is 79.8 Å². The number of amides is 1. The summed E-state index contributed by atoms with van der Waals surface area (Å²) in [6.45, 7) is 1.44. The van der Waals surface area contributed by atoms with Crippen molar-refractivity contribution < 1.29 is 4.79 Å². The van der Waals surface area contributed by atoms with Crippen LogP contribution in [0.2, 0.25) is 5.02 Å². The molecule has 0 aliphatic carbocycles. The number of pyridine rings is 1. The Bertz CT molecular complexity index is 884. The minimum atomic E-state index is -0.193. The number of carbonyl (C=O) groups is 1. The van der Waals surface area contributed by atoms with E-state index >= 15 is 0 Å². The van der Waals surface area contributed by atoms with Gasteiger partial charge in [-0.05, 0) is 36.4 Å². The fraction of sp³-hybridized carbons (Fsp3) is 0.0588. The summed E-state index contributed by atoms with van der Waals surface area (Å²) in [6.07, 6.45) is 3.25. The molecule has 0 saturated carbocycles. The van der Waals surface area contributed by atoms with E-state index in [1.165, 1.54) is 6.92 Å². The maximum atomic E-state index is 11.3. The number of nitrogens with one attached hydrogen (secondary N) is 2. The van der Waals surface area contributed by atoms with Crippen molar-refractivity contribution in [3.63, 3.8) is 0 Å². The van der Waals surface area contributed by atoms with Crippen LogP contribution in [0, 0.1) is 0 Å². The summed E-state index contributed by atoms with van der Waals surface area (Å²) < 4.78 is 0. The molecule has 0 unspecified atom stereocenters. The van der Waals surface area contributed by atoms with Gasteiger partial charge in [0.1, 0.15) is 5.82 Å². The summed E-state index contributed by atoms with van der Waals surface area (Å²) >= 11 is 5.98. The van der Waals surface area contributed by atoms with Crippen LogP contribution in [0.5, 0.6) is 0 Å². The summed E-state index contributed by atoms with van der Waals surface area (Å²) in [5.41, 5.74) is 2.14. The summed E-state index contributed by atoms with van der Waals surface area (Å²) in [4.78, 5) is 24.2. The molecule has 7 heteroatoms. The Balaban J connectivity index is 1.92. The molecule has 6 nitrogen and oxygen atoms in total. The van der Waals surface area contributed by atoms with E-state index < -0.39 is 0 Å². The third-order valence-corrected chi connectivity index (χ3v) is 3.35. The third-order valence-electron chi connectivity index (χ3n) is 3.11. The SMILES string of the molecule is CC(=O)Nc1ncccc1-c1ccnc(Nc2cccc(Cl)c2)n1. The van der Waals surface area contributed by atoms with Crippen molar-refractivity contribution in [1.29, 1.82) is 0 Å². The fourth-order valence-electron chi connectivity index (χ4n) is 2.14. The van der Waals surface area contributed by atoms with Crippen LogP contribution in [0.15, 0.2) is 54.9 Å². The molecule has 0 bridgehead atoms. The molecular weight excluding hydrogens is 326 g/mol. The van der Waals surface area contributed by atoms with Crippen molar-refractivity contribution in [3.05, 3.63) is 59.9 Å². The summed E-state index contributed by atoms with van der Waals surface area (Å²) in [6, 6.07) is 12.7. The molecule has 0 atom stereocenters. The van der Waals surface area contributed by atoms with Crippen LogP contribution in [-0.4, -0.2) is 20.9 Å². The Kier molecular flexibility index (Phi) is 4.67. The highest BCUT2D eigenvalue weighted by Crippen LogP contribution is 2.25. The lowest BCUT2D eigenvalue weighted by molar-refractivity contribution is -0.114. The predicted molar refractivity (Wildman–Crippen MR) is 94.3 cm³/mol. The summed E-state index contributed by atoms with van der Waals surface area (Å²) in [7, 11) is 0. The minimum absolute atomic E-state index is 0.193. The van der Waals surface area contributed by atoms with Crippen molar-refractivity contribution in [2.75, 3.05) is 10.6 Å². The van der Waals surface area contributed by atoms with Gasteiger partial charge >= 0.3 is 0 Å². The van der Waals surface area contributed by atoms with Gasteiger partial charge in [-0.2, -0.15) is 0 Å².